The van der Waals surface area contributed by atoms with Crippen LogP contribution in [0, 0.1) is 5.41 Å². The maximum absolute atomic E-state index is 11.3. The van der Waals surface area contributed by atoms with Crippen LogP contribution in [0.2, 0.25) is 0 Å². The van der Waals surface area contributed by atoms with Crippen LogP contribution in [-0.2, 0) is 4.79 Å². The maximum atomic E-state index is 11.3. The van der Waals surface area contributed by atoms with Gasteiger partial charge in [-0.2, -0.15) is 0 Å². The standard InChI is InChI=1S/C15H18O3/c1-4-15(5-2)12(13(15)14(16)17)10-6-8-11(18-3)9-7-10/h6-9H,4-5H2,1-3H3,(H,16,17). The smallest absolute Gasteiger partial charge is 0.332 e. The summed E-state index contributed by atoms with van der Waals surface area (Å²) in [6.07, 6.45) is 1.68. The normalized spacial score (nSPS) is 16.6. The first-order valence-electron chi connectivity index (χ1n) is 6.23. The van der Waals surface area contributed by atoms with Crippen molar-refractivity contribution in [1.82, 2.24) is 0 Å². The predicted molar refractivity (Wildman–Crippen MR) is 70.6 cm³/mol. The zero-order valence-electron chi connectivity index (χ0n) is 11.0. The summed E-state index contributed by atoms with van der Waals surface area (Å²) in [6.45, 7) is 4.09. The molecule has 0 saturated carbocycles. The van der Waals surface area contributed by atoms with Gasteiger partial charge >= 0.3 is 5.97 Å². The topological polar surface area (TPSA) is 46.5 Å². The third-order valence-corrected chi connectivity index (χ3v) is 3.94. The molecule has 1 aromatic carbocycles. The first-order valence-corrected chi connectivity index (χ1v) is 6.23. The summed E-state index contributed by atoms with van der Waals surface area (Å²) in [5, 5.41) is 9.30. The predicted octanol–water partition coefficient (Wildman–Crippen LogP) is 3.35. The lowest BCUT2D eigenvalue weighted by atomic mass is 9.89. The number of carboxylic acid groups (broad SMARTS) is 1. The quantitative estimate of drug-likeness (QED) is 0.866. The molecule has 0 aromatic heterocycles. The number of allylic oxidation sites excluding steroid dienone is 1. The SMILES string of the molecule is CCC1(CC)C(C(=O)O)=C1c1ccc(OC)cc1. The molecule has 0 fully saturated rings. The van der Waals surface area contributed by atoms with Gasteiger partial charge in [0.15, 0.2) is 0 Å². The molecule has 18 heavy (non-hydrogen) atoms. The van der Waals surface area contributed by atoms with Gasteiger partial charge in [0.1, 0.15) is 5.75 Å². The molecule has 1 N–H and O–H groups in total. The maximum Gasteiger partial charge on any atom is 0.332 e. The minimum atomic E-state index is -0.787. The summed E-state index contributed by atoms with van der Waals surface area (Å²) >= 11 is 0. The molecule has 0 unspecified atom stereocenters. The summed E-state index contributed by atoms with van der Waals surface area (Å²) in [6, 6.07) is 7.61. The fraction of sp³-hybridized carbons (Fsp3) is 0.400. The zero-order chi connectivity index (χ0) is 13.3. The van der Waals surface area contributed by atoms with Crippen molar-refractivity contribution in [3.63, 3.8) is 0 Å². The highest BCUT2D eigenvalue weighted by molar-refractivity contribution is 6.11. The van der Waals surface area contributed by atoms with Crippen LogP contribution in [0.3, 0.4) is 0 Å². The molecule has 0 atom stereocenters. The lowest BCUT2D eigenvalue weighted by Crippen LogP contribution is -2.08. The Labute approximate surface area is 107 Å². The molecule has 0 aliphatic heterocycles. The van der Waals surface area contributed by atoms with Crippen LogP contribution in [0.4, 0.5) is 0 Å². The molecule has 0 bridgehead atoms. The fourth-order valence-electron chi connectivity index (χ4n) is 2.81. The monoisotopic (exact) mass is 246 g/mol. The number of carboxylic acids is 1. The number of carbonyl (C=O) groups is 1. The molecule has 1 aliphatic carbocycles. The summed E-state index contributed by atoms with van der Waals surface area (Å²) in [7, 11) is 1.62. The van der Waals surface area contributed by atoms with Crippen LogP contribution in [-0.4, -0.2) is 18.2 Å². The lowest BCUT2D eigenvalue weighted by Gasteiger charge is -2.14. The van der Waals surface area contributed by atoms with Crippen molar-refractivity contribution in [1.29, 1.82) is 0 Å². The van der Waals surface area contributed by atoms with E-state index < -0.39 is 5.97 Å². The zero-order valence-corrected chi connectivity index (χ0v) is 11.0. The second-order valence-electron chi connectivity index (χ2n) is 4.57. The van der Waals surface area contributed by atoms with Crippen molar-refractivity contribution < 1.29 is 14.6 Å². The summed E-state index contributed by atoms with van der Waals surface area (Å²) < 4.78 is 5.12. The van der Waals surface area contributed by atoms with E-state index in [0.29, 0.717) is 5.57 Å². The van der Waals surface area contributed by atoms with Crippen molar-refractivity contribution in [2.75, 3.05) is 7.11 Å². The minimum Gasteiger partial charge on any atom is -0.497 e. The highest BCUT2D eigenvalue weighted by Gasteiger charge is 2.54. The molecule has 3 heteroatoms. The third-order valence-electron chi connectivity index (χ3n) is 3.94. The molecule has 0 spiro atoms. The highest BCUT2D eigenvalue weighted by Crippen LogP contribution is 2.62. The van der Waals surface area contributed by atoms with E-state index >= 15 is 0 Å². The molecular formula is C15H18O3. The van der Waals surface area contributed by atoms with Gasteiger partial charge in [0.05, 0.1) is 12.7 Å². The van der Waals surface area contributed by atoms with E-state index in [1.54, 1.807) is 7.11 Å². The average molecular weight is 246 g/mol. The van der Waals surface area contributed by atoms with Crippen molar-refractivity contribution in [3.05, 3.63) is 35.4 Å². The van der Waals surface area contributed by atoms with E-state index in [9.17, 15) is 9.90 Å². The van der Waals surface area contributed by atoms with E-state index in [0.717, 1.165) is 29.7 Å². The molecule has 1 aromatic rings. The van der Waals surface area contributed by atoms with Crippen molar-refractivity contribution >= 4 is 11.5 Å². The number of hydrogen-bond acceptors (Lipinski definition) is 2. The molecule has 96 valence electrons. The Morgan fingerprint density at radius 3 is 2.11 bits per heavy atom. The molecule has 0 amide bonds. The summed E-state index contributed by atoms with van der Waals surface area (Å²) in [5.74, 6) is -0.00000926. The molecule has 2 rings (SSSR count). The van der Waals surface area contributed by atoms with E-state index in [4.69, 9.17) is 4.74 Å². The van der Waals surface area contributed by atoms with Gasteiger partial charge in [-0.1, -0.05) is 26.0 Å². The van der Waals surface area contributed by atoms with Gasteiger partial charge in [-0.25, -0.2) is 4.79 Å². The van der Waals surface area contributed by atoms with Crippen LogP contribution in [0.1, 0.15) is 32.3 Å². The van der Waals surface area contributed by atoms with Gasteiger partial charge in [-0.05, 0) is 36.1 Å². The van der Waals surface area contributed by atoms with Gasteiger partial charge in [-0.3, -0.25) is 0 Å². The first-order chi connectivity index (χ1) is 8.60. The third kappa shape index (κ3) is 1.70. The number of rotatable bonds is 5. The molecule has 0 heterocycles. The number of benzene rings is 1. The van der Waals surface area contributed by atoms with Crippen LogP contribution in [0.25, 0.3) is 5.57 Å². The Hall–Kier alpha value is -1.77. The van der Waals surface area contributed by atoms with Gasteiger partial charge in [-0.15, -0.1) is 0 Å². The van der Waals surface area contributed by atoms with Crippen LogP contribution in [0.15, 0.2) is 29.8 Å². The van der Waals surface area contributed by atoms with Crippen molar-refractivity contribution in [3.8, 4) is 5.75 Å². The van der Waals surface area contributed by atoms with Crippen LogP contribution in [0.5, 0.6) is 5.75 Å². The second kappa shape index (κ2) is 4.48. The number of hydrogen-bond donors (Lipinski definition) is 1. The van der Waals surface area contributed by atoms with Gasteiger partial charge < -0.3 is 9.84 Å². The minimum absolute atomic E-state index is 0.222. The van der Waals surface area contributed by atoms with E-state index in [1.807, 2.05) is 38.1 Å². The van der Waals surface area contributed by atoms with Crippen molar-refractivity contribution in [2.24, 2.45) is 5.41 Å². The Balaban J connectivity index is 2.39. The fourth-order valence-corrected chi connectivity index (χ4v) is 2.81. The first kappa shape index (κ1) is 12.7. The summed E-state index contributed by atoms with van der Waals surface area (Å²) in [4.78, 5) is 11.3. The second-order valence-corrected chi connectivity index (χ2v) is 4.57. The van der Waals surface area contributed by atoms with Crippen LogP contribution < -0.4 is 4.74 Å². The average Bonchev–Trinajstić information content (AvgIpc) is 3.08. The number of methoxy groups -OCH3 is 1. The Morgan fingerprint density at radius 1 is 1.22 bits per heavy atom. The molecule has 3 nitrogen and oxygen atoms in total. The Morgan fingerprint density at radius 2 is 1.78 bits per heavy atom. The Kier molecular flexibility index (Phi) is 3.16. The lowest BCUT2D eigenvalue weighted by molar-refractivity contribution is -0.132. The van der Waals surface area contributed by atoms with E-state index in [2.05, 4.69) is 0 Å². The van der Waals surface area contributed by atoms with E-state index in [-0.39, 0.29) is 5.41 Å². The molecule has 1 aliphatic rings. The highest BCUT2D eigenvalue weighted by atomic mass is 16.5. The van der Waals surface area contributed by atoms with E-state index in [1.165, 1.54) is 0 Å². The largest absolute Gasteiger partial charge is 0.497 e. The summed E-state index contributed by atoms with van der Waals surface area (Å²) in [5.41, 5.74) is 2.35. The Bertz CT molecular complexity index is 493. The van der Waals surface area contributed by atoms with Crippen LogP contribution >= 0.6 is 0 Å². The molecule has 0 radical (unpaired) electrons. The molecular weight excluding hydrogens is 228 g/mol. The van der Waals surface area contributed by atoms with Gasteiger partial charge in [0, 0.05) is 5.41 Å². The number of aliphatic carboxylic acids is 1. The molecule has 0 saturated heterocycles. The van der Waals surface area contributed by atoms with Gasteiger partial charge in [0.2, 0.25) is 0 Å². The number of ether oxygens (including phenoxy) is 1. The van der Waals surface area contributed by atoms with Crippen molar-refractivity contribution in [2.45, 2.75) is 26.7 Å². The van der Waals surface area contributed by atoms with Gasteiger partial charge in [0.25, 0.3) is 0 Å².